The number of carbonyl (C=O) groups is 1. The van der Waals surface area contributed by atoms with Gasteiger partial charge >= 0.3 is 0 Å². The van der Waals surface area contributed by atoms with Gasteiger partial charge in [0.15, 0.2) is 0 Å². The van der Waals surface area contributed by atoms with Crippen molar-refractivity contribution < 1.29 is 9.53 Å². The average Bonchev–Trinajstić information content (AvgIpc) is 2.38. The third-order valence-electron chi connectivity index (χ3n) is 2.77. The maximum atomic E-state index is 11.2. The number of hydrogen-bond acceptors (Lipinski definition) is 3. The molecule has 0 saturated heterocycles. The Bertz CT molecular complexity index is 363. The first-order valence-electron chi connectivity index (χ1n) is 6.20. The van der Waals surface area contributed by atoms with Crippen LogP contribution in [0.3, 0.4) is 0 Å². The van der Waals surface area contributed by atoms with Crippen LogP contribution in [-0.4, -0.2) is 32.7 Å². The number of methoxy groups -OCH3 is 1. The molecule has 1 unspecified atom stereocenters. The van der Waals surface area contributed by atoms with Gasteiger partial charge in [0.25, 0.3) is 0 Å². The number of likely N-dealkylation sites (N-methyl/N-ethyl adjacent to an activating group) is 1. The van der Waals surface area contributed by atoms with Crippen LogP contribution in [-0.2, 0) is 16.0 Å². The van der Waals surface area contributed by atoms with Gasteiger partial charge in [-0.2, -0.15) is 0 Å². The van der Waals surface area contributed by atoms with Gasteiger partial charge in [0.2, 0.25) is 5.91 Å². The molecule has 1 amide bonds. The topological polar surface area (TPSA) is 50.4 Å². The number of rotatable bonds is 7. The van der Waals surface area contributed by atoms with Crippen molar-refractivity contribution in [3.05, 3.63) is 29.8 Å². The maximum Gasteiger partial charge on any atom is 0.224 e. The average molecular weight is 250 g/mol. The highest BCUT2D eigenvalue weighted by atomic mass is 16.5. The fourth-order valence-corrected chi connectivity index (χ4v) is 1.64. The van der Waals surface area contributed by atoms with Crippen LogP contribution in [0, 0.1) is 0 Å². The van der Waals surface area contributed by atoms with E-state index in [1.807, 2.05) is 24.3 Å². The summed E-state index contributed by atoms with van der Waals surface area (Å²) in [5, 5.41) is 6.01. The van der Waals surface area contributed by atoms with Gasteiger partial charge < -0.3 is 15.4 Å². The molecule has 4 nitrogen and oxygen atoms in total. The second-order valence-electron chi connectivity index (χ2n) is 4.37. The minimum Gasteiger partial charge on any atom is -0.385 e. The Labute approximate surface area is 109 Å². The third kappa shape index (κ3) is 5.19. The van der Waals surface area contributed by atoms with Crippen LogP contribution >= 0.6 is 0 Å². The molecule has 0 aliphatic carbocycles. The number of carbonyl (C=O) groups excluding carboxylic acids is 1. The van der Waals surface area contributed by atoms with E-state index in [1.165, 1.54) is 0 Å². The Morgan fingerprint density at radius 3 is 2.56 bits per heavy atom. The molecule has 18 heavy (non-hydrogen) atoms. The molecule has 1 aromatic carbocycles. The molecule has 2 N–H and O–H groups in total. The van der Waals surface area contributed by atoms with E-state index < -0.39 is 0 Å². The van der Waals surface area contributed by atoms with Crippen LogP contribution < -0.4 is 10.6 Å². The molecule has 0 aliphatic heterocycles. The zero-order valence-electron chi connectivity index (χ0n) is 11.3. The van der Waals surface area contributed by atoms with Gasteiger partial charge in [-0.25, -0.2) is 0 Å². The van der Waals surface area contributed by atoms with Gasteiger partial charge in [-0.1, -0.05) is 12.1 Å². The second-order valence-corrected chi connectivity index (χ2v) is 4.37. The molecule has 0 aliphatic rings. The Kier molecular flexibility index (Phi) is 6.22. The van der Waals surface area contributed by atoms with Crippen molar-refractivity contribution in [3.8, 4) is 0 Å². The van der Waals surface area contributed by atoms with E-state index in [0.29, 0.717) is 12.5 Å². The zero-order valence-corrected chi connectivity index (χ0v) is 11.3. The molecule has 0 aromatic heterocycles. The molecule has 0 fully saturated rings. The SMILES string of the molecule is CNC(=O)Cc1ccc(NC(C)CCOC)cc1. The molecule has 0 spiro atoms. The monoisotopic (exact) mass is 250 g/mol. The number of nitrogens with one attached hydrogen (secondary N) is 2. The molecule has 1 atom stereocenters. The highest BCUT2D eigenvalue weighted by molar-refractivity contribution is 5.78. The summed E-state index contributed by atoms with van der Waals surface area (Å²) in [5.41, 5.74) is 2.09. The highest BCUT2D eigenvalue weighted by Crippen LogP contribution is 2.12. The lowest BCUT2D eigenvalue weighted by molar-refractivity contribution is -0.119. The summed E-state index contributed by atoms with van der Waals surface area (Å²) in [4.78, 5) is 11.2. The quantitative estimate of drug-likeness (QED) is 0.776. The van der Waals surface area contributed by atoms with Crippen molar-refractivity contribution in [2.24, 2.45) is 0 Å². The molecule has 0 heterocycles. The van der Waals surface area contributed by atoms with Gasteiger partial charge in [0.05, 0.1) is 6.42 Å². The largest absolute Gasteiger partial charge is 0.385 e. The molecule has 0 radical (unpaired) electrons. The van der Waals surface area contributed by atoms with Gasteiger partial charge in [-0.3, -0.25) is 4.79 Å². The third-order valence-corrected chi connectivity index (χ3v) is 2.77. The van der Waals surface area contributed by atoms with Gasteiger partial charge in [0, 0.05) is 32.5 Å². The summed E-state index contributed by atoms with van der Waals surface area (Å²) >= 11 is 0. The molecule has 0 bridgehead atoms. The van der Waals surface area contributed by atoms with Crippen LogP contribution in [0.25, 0.3) is 0 Å². The molecule has 4 heteroatoms. The standard InChI is InChI=1S/C14H22N2O2/c1-11(8-9-18-3)16-13-6-4-12(5-7-13)10-14(17)15-2/h4-7,11,16H,8-10H2,1-3H3,(H,15,17). The van der Waals surface area contributed by atoms with Crippen molar-refractivity contribution in [3.63, 3.8) is 0 Å². The molecular weight excluding hydrogens is 228 g/mol. The first kappa shape index (κ1) is 14.5. The van der Waals surface area contributed by atoms with Crippen molar-refractivity contribution in [1.82, 2.24) is 5.32 Å². The Morgan fingerprint density at radius 2 is 2.00 bits per heavy atom. The van der Waals surface area contributed by atoms with Crippen LogP contribution in [0.15, 0.2) is 24.3 Å². The number of benzene rings is 1. The van der Waals surface area contributed by atoms with Crippen LogP contribution in [0.2, 0.25) is 0 Å². The van der Waals surface area contributed by atoms with E-state index in [2.05, 4.69) is 17.6 Å². The number of amides is 1. The maximum absolute atomic E-state index is 11.2. The summed E-state index contributed by atoms with van der Waals surface area (Å²) < 4.78 is 5.04. The minimum absolute atomic E-state index is 0.0316. The molecule has 1 rings (SSSR count). The van der Waals surface area contributed by atoms with Gasteiger partial charge in [0.1, 0.15) is 0 Å². The summed E-state index contributed by atoms with van der Waals surface area (Å²) in [7, 11) is 3.36. The lowest BCUT2D eigenvalue weighted by atomic mass is 10.1. The fourth-order valence-electron chi connectivity index (χ4n) is 1.64. The van der Waals surface area contributed by atoms with E-state index in [1.54, 1.807) is 14.2 Å². The number of anilines is 1. The predicted octanol–water partition coefficient (Wildman–Crippen LogP) is 1.81. The van der Waals surface area contributed by atoms with Gasteiger partial charge in [-0.15, -0.1) is 0 Å². The van der Waals surface area contributed by atoms with Crippen LogP contribution in [0.1, 0.15) is 18.9 Å². The lowest BCUT2D eigenvalue weighted by Crippen LogP contribution is -2.20. The van der Waals surface area contributed by atoms with E-state index in [9.17, 15) is 4.79 Å². The lowest BCUT2D eigenvalue weighted by Gasteiger charge is -2.15. The van der Waals surface area contributed by atoms with Crippen LogP contribution in [0.5, 0.6) is 0 Å². The first-order chi connectivity index (χ1) is 8.65. The van der Waals surface area contributed by atoms with E-state index in [4.69, 9.17) is 4.74 Å². The van der Waals surface area contributed by atoms with E-state index in [0.717, 1.165) is 24.3 Å². The number of ether oxygens (including phenoxy) is 1. The smallest absolute Gasteiger partial charge is 0.224 e. The van der Waals surface area contributed by atoms with Crippen molar-refractivity contribution >= 4 is 11.6 Å². The second kappa shape index (κ2) is 7.71. The molecule has 100 valence electrons. The summed E-state index contributed by atoms with van der Waals surface area (Å²) in [5.74, 6) is 0.0316. The van der Waals surface area contributed by atoms with E-state index in [-0.39, 0.29) is 5.91 Å². The number of hydrogen-bond donors (Lipinski definition) is 2. The fraction of sp³-hybridized carbons (Fsp3) is 0.500. The molecule has 1 aromatic rings. The molecule has 0 saturated carbocycles. The van der Waals surface area contributed by atoms with E-state index >= 15 is 0 Å². The normalized spacial score (nSPS) is 11.9. The van der Waals surface area contributed by atoms with Crippen molar-refractivity contribution in [2.45, 2.75) is 25.8 Å². The molecular formula is C14H22N2O2. The van der Waals surface area contributed by atoms with Crippen LogP contribution in [0.4, 0.5) is 5.69 Å². The van der Waals surface area contributed by atoms with Crippen molar-refractivity contribution in [2.75, 3.05) is 26.1 Å². The van der Waals surface area contributed by atoms with Gasteiger partial charge in [-0.05, 0) is 31.0 Å². The van der Waals surface area contributed by atoms with Crippen molar-refractivity contribution in [1.29, 1.82) is 0 Å². The Hall–Kier alpha value is -1.55. The Morgan fingerprint density at radius 1 is 1.33 bits per heavy atom. The zero-order chi connectivity index (χ0) is 13.4. The first-order valence-corrected chi connectivity index (χ1v) is 6.20. The Balaban J connectivity index is 2.47. The summed E-state index contributed by atoms with van der Waals surface area (Å²) in [6, 6.07) is 8.32. The minimum atomic E-state index is 0.0316. The summed E-state index contributed by atoms with van der Waals surface area (Å²) in [6.45, 7) is 2.88. The predicted molar refractivity (Wildman–Crippen MR) is 73.8 cm³/mol. The highest BCUT2D eigenvalue weighted by Gasteiger charge is 2.03. The summed E-state index contributed by atoms with van der Waals surface area (Å²) in [6.07, 6.45) is 1.40.